The summed E-state index contributed by atoms with van der Waals surface area (Å²) in [5.74, 6) is 5.47. The fourth-order valence-electron chi connectivity index (χ4n) is 5.43. The molecule has 0 saturated heterocycles. The number of rotatable bonds is 10. The Labute approximate surface area is 222 Å². The molecule has 1 nitrogen and oxygen atoms in total. The molecule has 2 rings (SSSR count). The Kier molecular flexibility index (Phi) is 21.7. The zero-order valence-electron chi connectivity index (χ0n) is 26.0. The van der Waals surface area contributed by atoms with Crippen LogP contribution < -0.4 is 0 Å². The monoisotopic (exact) mass is 488 g/mol. The summed E-state index contributed by atoms with van der Waals surface area (Å²) in [6.45, 7) is 29.3. The van der Waals surface area contributed by atoms with Gasteiger partial charge in [0.25, 0.3) is 0 Å². The van der Waals surface area contributed by atoms with Crippen LogP contribution in [0.3, 0.4) is 0 Å². The Balaban J connectivity index is 0. The number of hydrogen-bond donors (Lipinski definition) is 0. The van der Waals surface area contributed by atoms with Crippen molar-refractivity contribution in [2.75, 3.05) is 0 Å². The first-order valence-electron chi connectivity index (χ1n) is 15.1. The summed E-state index contributed by atoms with van der Waals surface area (Å²) in [5.41, 5.74) is 2.91. The van der Waals surface area contributed by atoms with Gasteiger partial charge in [0.15, 0.2) is 0 Å². The lowest BCUT2D eigenvalue weighted by Gasteiger charge is -2.39. The number of fused-ring (bicyclic) bond motifs is 1. The molecule has 1 heteroatoms. The molecule has 7 atom stereocenters. The smallest absolute Gasteiger partial charge is 0.130 e. The van der Waals surface area contributed by atoms with Gasteiger partial charge in [-0.2, -0.15) is 0 Å². The molecular formula is C34H64O. The minimum Gasteiger partial charge on any atom is -0.300 e. The molecule has 2 aliphatic rings. The second-order valence-corrected chi connectivity index (χ2v) is 11.0. The van der Waals surface area contributed by atoms with Crippen LogP contribution in [0.15, 0.2) is 36.0 Å². The van der Waals surface area contributed by atoms with Gasteiger partial charge in [0.05, 0.1) is 0 Å². The molecular weight excluding hydrogens is 424 g/mol. The van der Waals surface area contributed by atoms with Crippen molar-refractivity contribution < 1.29 is 4.79 Å². The van der Waals surface area contributed by atoms with Crippen molar-refractivity contribution in [1.29, 1.82) is 0 Å². The predicted octanol–water partition coefficient (Wildman–Crippen LogP) is 11.3. The fourth-order valence-corrected chi connectivity index (χ4v) is 5.43. The third-order valence-corrected chi connectivity index (χ3v) is 7.93. The second kappa shape index (κ2) is 21.0. The quantitative estimate of drug-likeness (QED) is 0.279. The van der Waals surface area contributed by atoms with E-state index in [4.69, 9.17) is 0 Å². The molecule has 0 aromatic carbocycles. The molecule has 0 aromatic heterocycles. The van der Waals surface area contributed by atoms with Gasteiger partial charge in [-0.15, -0.1) is 0 Å². The molecule has 0 radical (unpaired) electrons. The standard InChI is InChI=1S/C23H38O.C7H14.2C2H6/c1-6-20(14-17(3)13-19(5)24)9-12-22-18(4)8-10-21-15-16(2)7-11-23(21)22;1-5-7(4)6(2)3;2*1-2/h8,10,15-18,20,22-23H,6-7,9,11-14H2,1-5H3;7H,2,5H2,1,3-4H3;2*1-2H3. The van der Waals surface area contributed by atoms with Gasteiger partial charge in [-0.05, 0) is 93.0 Å². The van der Waals surface area contributed by atoms with Crippen molar-refractivity contribution in [3.63, 3.8) is 0 Å². The highest BCUT2D eigenvalue weighted by Gasteiger charge is 2.33. The maximum atomic E-state index is 11.3. The molecule has 0 saturated carbocycles. The topological polar surface area (TPSA) is 17.1 Å². The minimum atomic E-state index is 0.342. The van der Waals surface area contributed by atoms with E-state index >= 15 is 0 Å². The predicted molar refractivity (Wildman–Crippen MR) is 161 cm³/mol. The lowest BCUT2D eigenvalue weighted by atomic mass is 9.66. The Morgan fingerprint density at radius 1 is 1.03 bits per heavy atom. The van der Waals surface area contributed by atoms with Crippen LogP contribution in [0.1, 0.15) is 134 Å². The maximum Gasteiger partial charge on any atom is 0.130 e. The molecule has 0 amide bonds. The molecule has 0 heterocycles. The van der Waals surface area contributed by atoms with Crippen molar-refractivity contribution in [3.8, 4) is 0 Å². The Morgan fingerprint density at radius 3 is 2.09 bits per heavy atom. The molecule has 2 aliphatic carbocycles. The van der Waals surface area contributed by atoms with Crippen LogP contribution in [0.2, 0.25) is 0 Å². The van der Waals surface area contributed by atoms with E-state index in [-0.39, 0.29) is 0 Å². The van der Waals surface area contributed by atoms with Gasteiger partial charge in [-0.1, -0.05) is 112 Å². The zero-order valence-corrected chi connectivity index (χ0v) is 26.0. The van der Waals surface area contributed by atoms with Crippen LogP contribution in [-0.2, 0) is 4.79 Å². The van der Waals surface area contributed by atoms with E-state index in [1.165, 1.54) is 50.5 Å². The highest BCUT2D eigenvalue weighted by molar-refractivity contribution is 5.75. The summed E-state index contributed by atoms with van der Waals surface area (Å²) in [4.78, 5) is 11.3. The number of Topliss-reactive ketones (excluding diaryl/α,β-unsaturated/α-hetero) is 1. The van der Waals surface area contributed by atoms with Crippen LogP contribution in [0.4, 0.5) is 0 Å². The molecule has 35 heavy (non-hydrogen) atoms. The fraction of sp³-hybridized carbons (Fsp3) is 0.794. The summed E-state index contributed by atoms with van der Waals surface area (Å²) >= 11 is 0. The summed E-state index contributed by atoms with van der Waals surface area (Å²) in [6.07, 6.45) is 17.3. The third kappa shape index (κ3) is 14.9. The van der Waals surface area contributed by atoms with Crippen LogP contribution >= 0.6 is 0 Å². The largest absolute Gasteiger partial charge is 0.300 e. The molecule has 0 spiro atoms. The molecule has 0 aliphatic heterocycles. The number of carbonyl (C=O) groups excluding carboxylic acids is 1. The number of carbonyl (C=O) groups is 1. The van der Waals surface area contributed by atoms with E-state index in [0.29, 0.717) is 23.5 Å². The Hall–Kier alpha value is -1.11. The molecule has 0 aromatic rings. The first-order chi connectivity index (χ1) is 16.6. The molecule has 0 fully saturated rings. The number of allylic oxidation sites excluding steroid dienone is 5. The zero-order chi connectivity index (χ0) is 27.6. The highest BCUT2D eigenvalue weighted by atomic mass is 16.1. The first kappa shape index (κ1) is 36.0. The van der Waals surface area contributed by atoms with Gasteiger partial charge >= 0.3 is 0 Å². The van der Waals surface area contributed by atoms with E-state index in [1.807, 2.05) is 27.7 Å². The number of ketones is 1. The van der Waals surface area contributed by atoms with Crippen molar-refractivity contribution in [2.24, 2.45) is 41.4 Å². The highest BCUT2D eigenvalue weighted by Crippen LogP contribution is 2.44. The molecule has 206 valence electrons. The van der Waals surface area contributed by atoms with Gasteiger partial charge in [-0.25, -0.2) is 0 Å². The van der Waals surface area contributed by atoms with Gasteiger partial charge in [0.2, 0.25) is 0 Å². The van der Waals surface area contributed by atoms with Gasteiger partial charge in [0, 0.05) is 6.42 Å². The lowest BCUT2D eigenvalue weighted by Crippen LogP contribution is -2.29. The van der Waals surface area contributed by atoms with Crippen molar-refractivity contribution in [3.05, 3.63) is 36.0 Å². The van der Waals surface area contributed by atoms with Crippen LogP contribution in [0, 0.1) is 41.4 Å². The van der Waals surface area contributed by atoms with Crippen molar-refractivity contribution >= 4 is 5.78 Å². The lowest BCUT2D eigenvalue weighted by molar-refractivity contribution is -0.117. The Morgan fingerprint density at radius 2 is 1.63 bits per heavy atom. The van der Waals surface area contributed by atoms with Crippen LogP contribution in [0.5, 0.6) is 0 Å². The van der Waals surface area contributed by atoms with E-state index in [9.17, 15) is 4.79 Å². The van der Waals surface area contributed by atoms with Gasteiger partial charge in [0.1, 0.15) is 5.78 Å². The molecule has 0 bridgehead atoms. The van der Waals surface area contributed by atoms with Crippen LogP contribution in [0.25, 0.3) is 0 Å². The minimum absolute atomic E-state index is 0.342. The van der Waals surface area contributed by atoms with Gasteiger partial charge < -0.3 is 4.79 Å². The summed E-state index contributed by atoms with van der Waals surface area (Å²) in [7, 11) is 0. The number of hydrogen-bond acceptors (Lipinski definition) is 1. The van der Waals surface area contributed by atoms with Crippen molar-refractivity contribution in [2.45, 2.75) is 134 Å². The first-order valence-corrected chi connectivity index (χ1v) is 15.1. The van der Waals surface area contributed by atoms with Crippen LogP contribution in [-0.4, -0.2) is 5.78 Å². The van der Waals surface area contributed by atoms with Crippen molar-refractivity contribution in [1.82, 2.24) is 0 Å². The molecule has 0 N–H and O–H groups in total. The van der Waals surface area contributed by atoms with E-state index in [2.05, 4.69) is 73.3 Å². The van der Waals surface area contributed by atoms with E-state index in [0.717, 1.165) is 30.1 Å². The SMILES string of the molecule is C=C(C)C(C)CC.CC.CC.CCC(CCC1C(C)C=CC2=CC(C)CCC21)CC(C)CC(C)=O. The Bertz CT molecular complexity index is 610. The van der Waals surface area contributed by atoms with Gasteiger partial charge in [-0.3, -0.25) is 0 Å². The van der Waals surface area contributed by atoms with E-state index < -0.39 is 0 Å². The third-order valence-electron chi connectivity index (χ3n) is 7.93. The molecule has 7 unspecified atom stereocenters. The average molecular weight is 489 g/mol. The summed E-state index contributed by atoms with van der Waals surface area (Å²) < 4.78 is 0. The maximum absolute atomic E-state index is 11.3. The average Bonchev–Trinajstić information content (AvgIpc) is 2.84. The summed E-state index contributed by atoms with van der Waals surface area (Å²) in [5, 5.41) is 0. The van der Waals surface area contributed by atoms with E-state index in [1.54, 1.807) is 12.5 Å². The second-order valence-electron chi connectivity index (χ2n) is 11.0. The normalized spacial score (nSPS) is 25.0. The summed E-state index contributed by atoms with van der Waals surface area (Å²) in [6, 6.07) is 0.